The van der Waals surface area contributed by atoms with Crippen molar-refractivity contribution in [2.45, 2.75) is 38.5 Å². The van der Waals surface area contributed by atoms with Gasteiger partial charge in [0, 0.05) is 12.2 Å². The Hall–Kier alpha value is -2.09. The van der Waals surface area contributed by atoms with Gasteiger partial charge in [-0.05, 0) is 24.1 Å². The van der Waals surface area contributed by atoms with E-state index < -0.39 is 30.5 Å². The third kappa shape index (κ3) is 7.64. The molecule has 1 aromatic rings. The number of carbonyl (C=O) groups excluding carboxylic acids is 2. The lowest BCUT2D eigenvalue weighted by Gasteiger charge is -2.11. The molecule has 0 aliphatic carbocycles. The topological polar surface area (TPSA) is 78.4 Å². The summed E-state index contributed by atoms with van der Waals surface area (Å²) in [6.07, 6.45) is -5.00. The molecule has 0 saturated carbocycles. The Labute approximate surface area is 131 Å². The molecule has 128 valence electrons. The fourth-order valence-electron chi connectivity index (χ4n) is 1.90. The van der Waals surface area contributed by atoms with E-state index in [0.29, 0.717) is 6.42 Å². The summed E-state index contributed by atoms with van der Waals surface area (Å²) in [4.78, 5) is 23.2. The maximum absolute atomic E-state index is 12.3. The summed E-state index contributed by atoms with van der Waals surface area (Å²) in [6, 6.07) is 5.19. The van der Waals surface area contributed by atoms with Gasteiger partial charge in [0.05, 0.1) is 12.5 Å². The van der Waals surface area contributed by atoms with Gasteiger partial charge in [-0.1, -0.05) is 25.5 Å². The number of rotatable bonds is 6. The van der Waals surface area contributed by atoms with Gasteiger partial charge in [-0.15, -0.1) is 0 Å². The van der Waals surface area contributed by atoms with Crippen molar-refractivity contribution < 1.29 is 27.9 Å². The molecule has 0 radical (unpaired) electrons. The van der Waals surface area contributed by atoms with Crippen LogP contribution in [0.1, 0.15) is 25.3 Å². The van der Waals surface area contributed by atoms with Gasteiger partial charge in [0.2, 0.25) is 0 Å². The summed E-state index contributed by atoms with van der Waals surface area (Å²) in [5.41, 5.74) is 0.0788. The number of hydrogen-bond acceptors (Lipinski definition) is 3. The summed E-state index contributed by atoms with van der Waals surface area (Å²) in [6.45, 7) is 1.81. The minimum atomic E-state index is -4.35. The van der Waals surface area contributed by atoms with Crippen molar-refractivity contribution in [2.75, 3.05) is 11.9 Å². The average Bonchev–Trinajstić information content (AvgIpc) is 2.43. The molecule has 1 unspecified atom stereocenters. The Morgan fingerprint density at radius 1 is 1.26 bits per heavy atom. The lowest BCUT2D eigenvalue weighted by Crippen LogP contribution is -2.39. The van der Waals surface area contributed by atoms with Gasteiger partial charge < -0.3 is 15.7 Å². The minimum Gasteiger partial charge on any atom is -0.391 e. The van der Waals surface area contributed by atoms with Crippen LogP contribution < -0.4 is 10.6 Å². The standard InChI is InChI=1S/C15H19F3N2O3/c1-2-4-12(21)9-19-13(22)14(23)20-11-6-3-5-10(7-11)8-15(16,17)18/h3,5-7,12,21H,2,4,8-9H2,1H3,(H,19,22)(H,20,23). The fourth-order valence-corrected chi connectivity index (χ4v) is 1.90. The number of hydrogen-bond donors (Lipinski definition) is 3. The summed E-state index contributed by atoms with van der Waals surface area (Å²) in [5.74, 6) is -1.96. The number of carbonyl (C=O) groups is 2. The van der Waals surface area contributed by atoms with E-state index in [1.54, 1.807) is 0 Å². The fraction of sp³-hybridized carbons (Fsp3) is 0.467. The molecule has 0 aliphatic rings. The van der Waals surface area contributed by atoms with Crippen LogP contribution in [0.5, 0.6) is 0 Å². The Balaban J connectivity index is 2.56. The number of benzene rings is 1. The molecular weight excluding hydrogens is 313 g/mol. The Bertz CT molecular complexity index is 547. The Morgan fingerprint density at radius 2 is 1.96 bits per heavy atom. The van der Waals surface area contributed by atoms with Crippen molar-refractivity contribution in [2.24, 2.45) is 0 Å². The van der Waals surface area contributed by atoms with Crippen molar-refractivity contribution in [3.63, 3.8) is 0 Å². The second-order valence-electron chi connectivity index (χ2n) is 5.10. The summed E-state index contributed by atoms with van der Waals surface area (Å²) in [7, 11) is 0. The Kier molecular flexibility index (Phi) is 7.02. The molecule has 0 aliphatic heterocycles. The van der Waals surface area contributed by atoms with E-state index in [1.807, 2.05) is 6.92 Å². The first-order chi connectivity index (χ1) is 10.7. The van der Waals surface area contributed by atoms with Crippen LogP contribution in [-0.4, -0.2) is 35.7 Å². The van der Waals surface area contributed by atoms with Crippen molar-refractivity contribution in [1.29, 1.82) is 0 Å². The molecule has 2 amide bonds. The van der Waals surface area contributed by atoms with Crippen molar-refractivity contribution >= 4 is 17.5 Å². The SMILES string of the molecule is CCCC(O)CNC(=O)C(=O)Nc1cccc(CC(F)(F)F)c1. The van der Waals surface area contributed by atoms with Gasteiger partial charge in [0.25, 0.3) is 0 Å². The molecule has 0 aromatic heterocycles. The Morgan fingerprint density at radius 3 is 2.57 bits per heavy atom. The van der Waals surface area contributed by atoms with Crippen LogP contribution in [0, 0.1) is 0 Å². The largest absolute Gasteiger partial charge is 0.393 e. The number of nitrogens with one attached hydrogen (secondary N) is 2. The van der Waals surface area contributed by atoms with Gasteiger partial charge in [-0.25, -0.2) is 0 Å². The van der Waals surface area contributed by atoms with Crippen LogP contribution >= 0.6 is 0 Å². The monoisotopic (exact) mass is 332 g/mol. The van der Waals surface area contributed by atoms with Crippen molar-refractivity contribution in [3.8, 4) is 0 Å². The van der Waals surface area contributed by atoms with E-state index in [-0.39, 0.29) is 17.8 Å². The first-order valence-electron chi connectivity index (χ1n) is 7.14. The lowest BCUT2D eigenvalue weighted by atomic mass is 10.1. The van der Waals surface area contributed by atoms with E-state index in [4.69, 9.17) is 0 Å². The second kappa shape index (κ2) is 8.52. The highest BCUT2D eigenvalue weighted by molar-refractivity contribution is 6.39. The predicted octanol–water partition coefficient (Wildman–Crippen LogP) is 2.01. The van der Waals surface area contributed by atoms with Crippen LogP contribution in [0.3, 0.4) is 0 Å². The molecule has 0 bridgehead atoms. The molecule has 0 saturated heterocycles. The van der Waals surface area contributed by atoms with Crippen LogP contribution in [0.25, 0.3) is 0 Å². The first kappa shape index (κ1) is 19.0. The number of aliphatic hydroxyl groups excluding tert-OH is 1. The van der Waals surface area contributed by atoms with Gasteiger partial charge in [-0.2, -0.15) is 13.2 Å². The van der Waals surface area contributed by atoms with Gasteiger partial charge in [0.1, 0.15) is 0 Å². The van der Waals surface area contributed by atoms with Crippen LogP contribution in [0.2, 0.25) is 0 Å². The highest BCUT2D eigenvalue weighted by atomic mass is 19.4. The van der Waals surface area contributed by atoms with E-state index in [1.165, 1.54) is 18.2 Å². The molecule has 1 aromatic carbocycles. The molecule has 3 N–H and O–H groups in total. The van der Waals surface area contributed by atoms with Gasteiger partial charge >= 0.3 is 18.0 Å². The molecule has 5 nitrogen and oxygen atoms in total. The highest BCUT2D eigenvalue weighted by Gasteiger charge is 2.27. The summed E-state index contributed by atoms with van der Waals surface area (Å²) >= 11 is 0. The maximum atomic E-state index is 12.3. The van der Waals surface area contributed by atoms with E-state index in [9.17, 15) is 27.9 Å². The maximum Gasteiger partial charge on any atom is 0.393 e. The number of anilines is 1. The smallest absolute Gasteiger partial charge is 0.391 e. The molecular formula is C15H19F3N2O3. The molecule has 1 rings (SSSR count). The number of alkyl halides is 3. The molecule has 0 spiro atoms. The van der Waals surface area contributed by atoms with E-state index >= 15 is 0 Å². The zero-order chi connectivity index (χ0) is 17.5. The van der Waals surface area contributed by atoms with Crippen LogP contribution in [0.4, 0.5) is 18.9 Å². The van der Waals surface area contributed by atoms with Crippen molar-refractivity contribution in [1.82, 2.24) is 5.32 Å². The summed E-state index contributed by atoms with van der Waals surface area (Å²) < 4.78 is 37.0. The molecule has 1 atom stereocenters. The predicted molar refractivity (Wildman–Crippen MR) is 78.8 cm³/mol. The average molecular weight is 332 g/mol. The minimum absolute atomic E-state index is 0.0194. The molecule has 8 heteroatoms. The zero-order valence-electron chi connectivity index (χ0n) is 12.6. The lowest BCUT2D eigenvalue weighted by molar-refractivity contribution is -0.136. The second-order valence-corrected chi connectivity index (χ2v) is 5.10. The van der Waals surface area contributed by atoms with Gasteiger partial charge in [0.15, 0.2) is 0 Å². The summed E-state index contributed by atoms with van der Waals surface area (Å²) in [5, 5.41) is 13.9. The normalized spacial score (nSPS) is 12.6. The number of amides is 2. The van der Waals surface area contributed by atoms with E-state index in [0.717, 1.165) is 12.5 Å². The molecule has 23 heavy (non-hydrogen) atoms. The first-order valence-corrected chi connectivity index (χ1v) is 7.14. The number of halogens is 3. The highest BCUT2D eigenvalue weighted by Crippen LogP contribution is 2.22. The molecule has 0 heterocycles. The quantitative estimate of drug-likeness (QED) is 0.697. The van der Waals surface area contributed by atoms with Crippen LogP contribution in [-0.2, 0) is 16.0 Å². The zero-order valence-corrected chi connectivity index (χ0v) is 12.6. The van der Waals surface area contributed by atoms with Crippen molar-refractivity contribution in [3.05, 3.63) is 29.8 Å². The van der Waals surface area contributed by atoms with Crippen LogP contribution in [0.15, 0.2) is 24.3 Å². The van der Waals surface area contributed by atoms with Gasteiger partial charge in [-0.3, -0.25) is 9.59 Å². The number of aliphatic hydroxyl groups is 1. The molecule has 0 fully saturated rings. The van der Waals surface area contributed by atoms with E-state index in [2.05, 4.69) is 10.6 Å². The third-order valence-corrected chi connectivity index (χ3v) is 2.92. The third-order valence-electron chi connectivity index (χ3n) is 2.92.